The van der Waals surface area contributed by atoms with Crippen LogP contribution in [0.1, 0.15) is 134 Å². The topological polar surface area (TPSA) is 0 Å². The van der Waals surface area contributed by atoms with Crippen LogP contribution in [0.5, 0.6) is 0 Å². The molecular formula is C34H50. The third kappa shape index (κ3) is 7.10. The second-order valence-corrected chi connectivity index (χ2v) is 10.4. The standard InChI is InChI=1S/C18H24.C14H20.C2H6/c1-3-7-14-10-11-16-13(2)15-8-5-4-6-9-17(15)18(16)12-14;1-2-6-10-13(9-5-1)14-11-7-3-4-8-12-14;1-2/h10-13H,3-9H2,1-2H3;1,5-6,9-10,14H,2-4,7-8,11-12H2;1-2H3/t13-;;/m0../s1. The minimum absolute atomic E-state index is 0.684. The highest BCUT2D eigenvalue weighted by molar-refractivity contribution is 5.78. The maximum Gasteiger partial charge on any atom is 0.00318 e. The molecule has 4 aliphatic carbocycles. The fraction of sp³-hybridized carbons (Fsp3) is 0.588. The first kappa shape index (κ1) is 26.8. The van der Waals surface area contributed by atoms with Gasteiger partial charge in [0.05, 0.1) is 0 Å². The summed E-state index contributed by atoms with van der Waals surface area (Å²) >= 11 is 0. The van der Waals surface area contributed by atoms with E-state index < -0.39 is 0 Å². The van der Waals surface area contributed by atoms with Crippen LogP contribution in [0.15, 0.2) is 59.7 Å². The summed E-state index contributed by atoms with van der Waals surface area (Å²) in [5.41, 5.74) is 9.78. The quantitative estimate of drug-likeness (QED) is 0.395. The van der Waals surface area contributed by atoms with Gasteiger partial charge in [0, 0.05) is 5.92 Å². The SMILES string of the molecule is C1=CCC=CC(C2CCCCCC2)=C1.CC.CCCc1ccc2c(c1)C1=C(CCCCC1)[C@@H]2C. The summed E-state index contributed by atoms with van der Waals surface area (Å²) in [7, 11) is 0. The highest BCUT2D eigenvalue weighted by Crippen LogP contribution is 2.47. The van der Waals surface area contributed by atoms with Crippen LogP contribution < -0.4 is 0 Å². The van der Waals surface area contributed by atoms with Crippen LogP contribution in [0.2, 0.25) is 0 Å². The number of hydrogen-bond acceptors (Lipinski definition) is 0. The van der Waals surface area contributed by atoms with E-state index in [-0.39, 0.29) is 0 Å². The molecule has 34 heavy (non-hydrogen) atoms. The van der Waals surface area contributed by atoms with Crippen molar-refractivity contribution >= 4 is 5.57 Å². The smallest absolute Gasteiger partial charge is 0.00318 e. The third-order valence-corrected chi connectivity index (χ3v) is 8.07. The predicted octanol–water partition coefficient (Wildman–Crippen LogP) is 10.9. The van der Waals surface area contributed by atoms with Crippen molar-refractivity contribution in [3.05, 3.63) is 76.4 Å². The Morgan fingerprint density at radius 3 is 2.35 bits per heavy atom. The van der Waals surface area contributed by atoms with Crippen molar-refractivity contribution in [2.45, 2.75) is 124 Å². The van der Waals surface area contributed by atoms with Crippen LogP contribution in [0, 0.1) is 5.92 Å². The summed E-state index contributed by atoms with van der Waals surface area (Å²) in [6, 6.07) is 7.24. The zero-order valence-corrected chi connectivity index (χ0v) is 22.7. The van der Waals surface area contributed by atoms with Crippen LogP contribution >= 0.6 is 0 Å². The van der Waals surface area contributed by atoms with Gasteiger partial charge in [-0.3, -0.25) is 0 Å². The Kier molecular flexibility index (Phi) is 11.5. The highest BCUT2D eigenvalue weighted by atomic mass is 14.3. The summed E-state index contributed by atoms with van der Waals surface area (Å²) in [4.78, 5) is 0. The molecule has 1 atom stereocenters. The van der Waals surface area contributed by atoms with Crippen molar-refractivity contribution in [3.8, 4) is 0 Å². The van der Waals surface area contributed by atoms with Crippen molar-refractivity contribution < 1.29 is 0 Å². The second-order valence-electron chi connectivity index (χ2n) is 10.4. The molecule has 1 saturated carbocycles. The molecule has 5 rings (SSSR count). The zero-order chi connectivity index (χ0) is 24.2. The van der Waals surface area contributed by atoms with E-state index in [9.17, 15) is 0 Å². The van der Waals surface area contributed by atoms with E-state index in [1.54, 1.807) is 27.8 Å². The van der Waals surface area contributed by atoms with Crippen LogP contribution in [-0.2, 0) is 6.42 Å². The van der Waals surface area contributed by atoms with E-state index >= 15 is 0 Å². The third-order valence-electron chi connectivity index (χ3n) is 8.07. The first-order chi connectivity index (χ1) is 16.8. The molecule has 0 aliphatic heterocycles. The number of hydrogen-bond donors (Lipinski definition) is 0. The minimum atomic E-state index is 0.684. The number of benzene rings is 1. The Bertz CT molecular complexity index is 867. The van der Waals surface area contributed by atoms with Gasteiger partial charge in [-0.15, -0.1) is 0 Å². The summed E-state index contributed by atoms with van der Waals surface area (Å²) in [6.45, 7) is 8.68. The molecule has 186 valence electrons. The van der Waals surface area contributed by atoms with Crippen molar-refractivity contribution in [3.63, 3.8) is 0 Å². The number of aryl methyl sites for hydroxylation is 1. The lowest BCUT2D eigenvalue weighted by atomic mass is 9.91. The van der Waals surface area contributed by atoms with E-state index in [1.165, 1.54) is 89.0 Å². The van der Waals surface area contributed by atoms with E-state index in [0.717, 1.165) is 12.3 Å². The van der Waals surface area contributed by atoms with Crippen molar-refractivity contribution in [2.75, 3.05) is 0 Å². The fourth-order valence-electron chi connectivity index (χ4n) is 6.25. The van der Waals surface area contributed by atoms with Gasteiger partial charge in [0.25, 0.3) is 0 Å². The Balaban J connectivity index is 0.000000183. The van der Waals surface area contributed by atoms with Crippen molar-refractivity contribution in [1.29, 1.82) is 0 Å². The van der Waals surface area contributed by atoms with Crippen LogP contribution in [0.25, 0.3) is 5.57 Å². The van der Waals surface area contributed by atoms with Gasteiger partial charge in [0.1, 0.15) is 0 Å². The summed E-state index contributed by atoms with van der Waals surface area (Å²) in [5.74, 6) is 1.53. The van der Waals surface area contributed by atoms with E-state index in [0.29, 0.717) is 5.92 Å². The lowest BCUT2D eigenvalue weighted by Crippen LogP contribution is -2.00. The molecule has 0 aromatic heterocycles. The summed E-state index contributed by atoms with van der Waals surface area (Å²) in [5, 5.41) is 0. The molecule has 0 unspecified atom stereocenters. The Morgan fingerprint density at radius 1 is 0.853 bits per heavy atom. The molecule has 0 spiro atoms. The maximum absolute atomic E-state index is 2.49. The largest absolute Gasteiger partial charge is 0.0807 e. The van der Waals surface area contributed by atoms with E-state index in [2.05, 4.69) is 62.4 Å². The van der Waals surface area contributed by atoms with Gasteiger partial charge in [-0.1, -0.05) is 120 Å². The molecule has 0 bridgehead atoms. The number of rotatable bonds is 3. The lowest BCUT2D eigenvalue weighted by Gasteiger charge is -2.14. The molecule has 0 saturated heterocycles. The normalized spacial score (nSPS) is 22.1. The predicted molar refractivity (Wildman–Crippen MR) is 152 cm³/mol. The van der Waals surface area contributed by atoms with Crippen molar-refractivity contribution in [2.24, 2.45) is 5.92 Å². The van der Waals surface area contributed by atoms with E-state index in [1.807, 2.05) is 13.8 Å². The van der Waals surface area contributed by atoms with Gasteiger partial charge in [-0.25, -0.2) is 0 Å². The van der Waals surface area contributed by atoms with Gasteiger partial charge in [0.15, 0.2) is 0 Å². The fourth-order valence-corrected chi connectivity index (χ4v) is 6.25. The molecule has 4 aliphatic rings. The summed E-state index contributed by atoms with van der Waals surface area (Å²) < 4.78 is 0. The van der Waals surface area contributed by atoms with Crippen molar-refractivity contribution in [1.82, 2.24) is 0 Å². The first-order valence-electron chi connectivity index (χ1n) is 14.7. The Labute approximate surface area is 211 Å². The highest BCUT2D eigenvalue weighted by Gasteiger charge is 2.28. The molecule has 0 nitrogen and oxygen atoms in total. The maximum atomic E-state index is 2.49. The van der Waals surface area contributed by atoms with Gasteiger partial charge >= 0.3 is 0 Å². The summed E-state index contributed by atoms with van der Waals surface area (Å²) in [6.07, 6.45) is 30.4. The molecule has 1 aromatic rings. The van der Waals surface area contributed by atoms with Gasteiger partial charge in [-0.05, 0) is 85.1 Å². The molecular weight excluding hydrogens is 408 g/mol. The lowest BCUT2D eigenvalue weighted by molar-refractivity contribution is 0.540. The van der Waals surface area contributed by atoms with Crippen LogP contribution in [0.3, 0.4) is 0 Å². The molecule has 0 amide bonds. The molecule has 0 heterocycles. The molecule has 1 aromatic carbocycles. The first-order valence-corrected chi connectivity index (χ1v) is 14.7. The molecule has 1 fully saturated rings. The van der Waals surface area contributed by atoms with Gasteiger partial charge in [-0.2, -0.15) is 0 Å². The van der Waals surface area contributed by atoms with E-state index in [4.69, 9.17) is 0 Å². The Morgan fingerprint density at radius 2 is 1.59 bits per heavy atom. The van der Waals surface area contributed by atoms with Gasteiger partial charge < -0.3 is 0 Å². The Hall–Kier alpha value is -1.82. The van der Waals surface area contributed by atoms with Gasteiger partial charge in [0.2, 0.25) is 0 Å². The number of fused-ring (bicyclic) bond motifs is 2. The van der Waals surface area contributed by atoms with Crippen LogP contribution in [0.4, 0.5) is 0 Å². The molecule has 0 radical (unpaired) electrons. The average molecular weight is 459 g/mol. The molecule has 0 N–H and O–H groups in total. The minimum Gasteiger partial charge on any atom is -0.0807 e. The van der Waals surface area contributed by atoms with Crippen LogP contribution in [-0.4, -0.2) is 0 Å². The zero-order valence-electron chi connectivity index (χ0n) is 22.7. The monoisotopic (exact) mass is 458 g/mol. The second kappa shape index (κ2) is 14.6. The average Bonchev–Trinajstić information content (AvgIpc) is 3.30. The number of allylic oxidation sites excluding steroid dienone is 8. The molecule has 0 heteroatoms.